The molecule has 24 heavy (non-hydrogen) atoms. The van der Waals surface area contributed by atoms with E-state index in [0.29, 0.717) is 26.0 Å². The van der Waals surface area contributed by atoms with Crippen LogP contribution in [0.25, 0.3) is 0 Å². The van der Waals surface area contributed by atoms with Crippen molar-refractivity contribution in [3.05, 3.63) is 12.7 Å². The zero-order valence-corrected chi connectivity index (χ0v) is 14.5. The SMILES string of the molecule is C=CCN1CC2(CCC1=O)CCN(C(=O)CC1COCCN1)CC2. The quantitative estimate of drug-likeness (QED) is 0.772. The van der Waals surface area contributed by atoms with Crippen molar-refractivity contribution in [1.82, 2.24) is 15.1 Å². The number of hydrogen-bond donors (Lipinski definition) is 1. The van der Waals surface area contributed by atoms with Gasteiger partial charge in [0.15, 0.2) is 0 Å². The van der Waals surface area contributed by atoms with Crippen LogP contribution >= 0.6 is 0 Å². The standard InChI is InChI=1S/C18H29N3O3/c1-2-8-21-14-18(4-3-16(21)22)5-9-20(10-6-18)17(23)12-15-13-24-11-7-19-15/h2,15,19H,1,3-14H2. The number of amides is 2. The number of carbonyl (C=O) groups excluding carboxylic acids is 2. The Balaban J connectivity index is 1.50. The summed E-state index contributed by atoms with van der Waals surface area (Å²) < 4.78 is 5.43. The van der Waals surface area contributed by atoms with Crippen LogP contribution in [0.4, 0.5) is 0 Å². The average Bonchev–Trinajstić information content (AvgIpc) is 2.60. The lowest BCUT2D eigenvalue weighted by Gasteiger charge is -2.47. The van der Waals surface area contributed by atoms with Crippen molar-refractivity contribution in [2.75, 3.05) is 45.9 Å². The van der Waals surface area contributed by atoms with E-state index in [4.69, 9.17) is 4.74 Å². The monoisotopic (exact) mass is 335 g/mol. The summed E-state index contributed by atoms with van der Waals surface area (Å²) in [5.74, 6) is 0.463. The van der Waals surface area contributed by atoms with Crippen LogP contribution in [0.1, 0.15) is 32.1 Å². The molecule has 134 valence electrons. The van der Waals surface area contributed by atoms with Gasteiger partial charge in [-0.1, -0.05) is 6.08 Å². The maximum atomic E-state index is 12.5. The summed E-state index contributed by atoms with van der Waals surface area (Å²) in [7, 11) is 0. The Morgan fingerprint density at radius 3 is 2.83 bits per heavy atom. The van der Waals surface area contributed by atoms with Crippen LogP contribution < -0.4 is 5.32 Å². The number of likely N-dealkylation sites (tertiary alicyclic amines) is 2. The first-order valence-electron chi connectivity index (χ1n) is 9.09. The number of carbonyl (C=O) groups is 2. The summed E-state index contributed by atoms with van der Waals surface area (Å²) >= 11 is 0. The van der Waals surface area contributed by atoms with Gasteiger partial charge in [0.25, 0.3) is 0 Å². The average molecular weight is 335 g/mol. The predicted octanol–water partition coefficient (Wildman–Crippen LogP) is 0.782. The molecule has 3 aliphatic rings. The van der Waals surface area contributed by atoms with Gasteiger partial charge >= 0.3 is 0 Å². The fourth-order valence-electron chi connectivity index (χ4n) is 4.15. The van der Waals surface area contributed by atoms with Crippen molar-refractivity contribution in [2.24, 2.45) is 5.41 Å². The zero-order valence-electron chi connectivity index (χ0n) is 14.5. The first kappa shape index (κ1) is 17.4. The molecular formula is C18H29N3O3. The molecule has 6 heteroatoms. The molecule has 3 saturated heterocycles. The largest absolute Gasteiger partial charge is 0.378 e. The van der Waals surface area contributed by atoms with Gasteiger partial charge in [0.05, 0.1) is 13.2 Å². The van der Waals surface area contributed by atoms with Crippen molar-refractivity contribution in [1.29, 1.82) is 0 Å². The number of nitrogens with zero attached hydrogens (tertiary/aromatic N) is 2. The molecule has 6 nitrogen and oxygen atoms in total. The molecule has 0 aliphatic carbocycles. The van der Waals surface area contributed by atoms with Gasteiger partial charge in [-0.05, 0) is 24.7 Å². The Kier molecular flexibility index (Phi) is 5.56. The third-order valence-electron chi connectivity index (χ3n) is 5.69. The summed E-state index contributed by atoms with van der Waals surface area (Å²) in [5.41, 5.74) is 0.194. The highest BCUT2D eigenvalue weighted by molar-refractivity contribution is 5.78. The van der Waals surface area contributed by atoms with Crippen LogP contribution in [0.15, 0.2) is 12.7 Å². The maximum Gasteiger partial charge on any atom is 0.224 e. The molecule has 2 amide bonds. The normalized spacial score (nSPS) is 27.3. The van der Waals surface area contributed by atoms with E-state index in [-0.39, 0.29) is 23.3 Å². The van der Waals surface area contributed by atoms with Gasteiger partial charge < -0.3 is 19.9 Å². The molecule has 3 fully saturated rings. The number of morpholine rings is 1. The maximum absolute atomic E-state index is 12.5. The third-order valence-corrected chi connectivity index (χ3v) is 5.69. The van der Waals surface area contributed by atoms with Gasteiger partial charge in [0.1, 0.15) is 0 Å². The fraction of sp³-hybridized carbons (Fsp3) is 0.778. The van der Waals surface area contributed by atoms with Crippen molar-refractivity contribution in [3.63, 3.8) is 0 Å². The van der Waals surface area contributed by atoms with Crippen LogP contribution in [-0.4, -0.2) is 73.6 Å². The minimum absolute atomic E-state index is 0.150. The van der Waals surface area contributed by atoms with E-state index >= 15 is 0 Å². The Morgan fingerprint density at radius 1 is 1.38 bits per heavy atom. The fourth-order valence-corrected chi connectivity index (χ4v) is 4.15. The van der Waals surface area contributed by atoms with Crippen molar-refractivity contribution in [3.8, 4) is 0 Å². The van der Waals surface area contributed by atoms with Gasteiger partial charge in [0.2, 0.25) is 11.8 Å². The van der Waals surface area contributed by atoms with Crippen molar-refractivity contribution >= 4 is 11.8 Å². The van der Waals surface area contributed by atoms with Crippen LogP contribution in [0.3, 0.4) is 0 Å². The molecule has 0 radical (unpaired) electrons. The van der Waals surface area contributed by atoms with E-state index in [1.54, 1.807) is 6.08 Å². The van der Waals surface area contributed by atoms with Crippen LogP contribution in [0, 0.1) is 5.41 Å². The minimum Gasteiger partial charge on any atom is -0.378 e. The molecule has 0 aromatic heterocycles. The lowest BCUT2D eigenvalue weighted by molar-refractivity contribution is -0.142. The molecule has 1 atom stereocenters. The van der Waals surface area contributed by atoms with E-state index in [2.05, 4.69) is 11.9 Å². The molecule has 0 bridgehead atoms. The molecule has 0 aromatic carbocycles. The summed E-state index contributed by atoms with van der Waals surface area (Å²) in [5, 5.41) is 3.34. The van der Waals surface area contributed by atoms with Gasteiger partial charge in [-0.3, -0.25) is 9.59 Å². The second-order valence-corrected chi connectivity index (χ2v) is 7.37. The predicted molar refractivity (Wildman–Crippen MR) is 91.5 cm³/mol. The molecular weight excluding hydrogens is 306 g/mol. The summed E-state index contributed by atoms with van der Waals surface area (Å²) in [6, 6.07) is 0.150. The first-order valence-corrected chi connectivity index (χ1v) is 9.09. The highest BCUT2D eigenvalue weighted by atomic mass is 16.5. The van der Waals surface area contributed by atoms with Gasteiger partial charge in [0, 0.05) is 51.6 Å². The third kappa shape index (κ3) is 3.98. The Hall–Kier alpha value is -1.40. The molecule has 0 aromatic rings. The second-order valence-electron chi connectivity index (χ2n) is 7.37. The van der Waals surface area contributed by atoms with Crippen molar-refractivity contribution < 1.29 is 14.3 Å². The first-order chi connectivity index (χ1) is 11.6. The Labute approximate surface area is 144 Å². The minimum atomic E-state index is 0.150. The summed E-state index contributed by atoms with van der Waals surface area (Å²) in [6.07, 6.45) is 5.90. The topological polar surface area (TPSA) is 61.9 Å². The van der Waals surface area contributed by atoms with Gasteiger partial charge in [-0.15, -0.1) is 6.58 Å². The second kappa shape index (κ2) is 7.66. The molecule has 3 rings (SSSR count). The Bertz CT molecular complexity index is 480. The number of ether oxygens (including phenoxy) is 1. The van der Waals surface area contributed by atoms with E-state index in [0.717, 1.165) is 52.0 Å². The number of hydrogen-bond acceptors (Lipinski definition) is 4. The molecule has 1 N–H and O–H groups in total. The van der Waals surface area contributed by atoms with E-state index < -0.39 is 0 Å². The lowest BCUT2D eigenvalue weighted by atomic mass is 9.72. The molecule has 1 spiro atoms. The summed E-state index contributed by atoms with van der Waals surface area (Å²) in [6.45, 7) is 9.01. The molecule has 0 saturated carbocycles. The number of rotatable bonds is 4. The highest BCUT2D eigenvalue weighted by Crippen LogP contribution is 2.40. The Morgan fingerprint density at radius 2 is 2.17 bits per heavy atom. The van der Waals surface area contributed by atoms with Crippen molar-refractivity contribution in [2.45, 2.75) is 38.1 Å². The molecule has 3 aliphatic heterocycles. The van der Waals surface area contributed by atoms with Crippen LogP contribution in [0.5, 0.6) is 0 Å². The smallest absolute Gasteiger partial charge is 0.224 e. The van der Waals surface area contributed by atoms with Crippen LogP contribution in [-0.2, 0) is 14.3 Å². The number of nitrogens with one attached hydrogen (secondary N) is 1. The van der Waals surface area contributed by atoms with E-state index in [1.165, 1.54) is 0 Å². The van der Waals surface area contributed by atoms with Gasteiger partial charge in [-0.25, -0.2) is 0 Å². The lowest BCUT2D eigenvalue weighted by Crippen LogP contribution is -2.53. The van der Waals surface area contributed by atoms with E-state index in [1.807, 2.05) is 9.80 Å². The number of piperidine rings is 2. The van der Waals surface area contributed by atoms with Crippen LogP contribution in [0.2, 0.25) is 0 Å². The molecule has 1 unspecified atom stereocenters. The van der Waals surface area contributed by atoms with E-state index in [9.17, 15) is 9.59 Å². The highest BCUT2D eigenvalue weighted by Gasteiger charge is 2.41. The van der Waals surface area contributed by atoms with Gasteiger partial charge in [-0.2, -0.15) is 0 Å². The molecule has 3 heterocycles. The zero-order chi connectivity index (χ0) is 17.0. The summed E-state index contributed by atoms with van der Waals surface area (Å²) in [4.78, 5) is 28.4.